The summed E-state index contributed by atoms with van der Waals surface area (Å²) in [4.78, 5) is 2.68. The molecule has 0 unspecified atom stereocenters. The lowest BCUT2D eigenvalue weighted by atomic mass is 10.1. The zero-order valence-electron chi connectivity index (χ0n) is 11.0. The third kappa shape index (κ3) is 3.53. The highest BCUT2D eigenvalue weighted by atomic mass is 32.2. The number of anilines is 1. The van der Waals surface area contributed by atoms with E-state index in [1.807, 2.05) is 30.4 Å². The average Bonchev–Trinajstić information content (AvgIpc) is 2.78. The summed E-state index contributed by atoms with van der Waals surface area (Å²) in [6.45, 7) is 0.972. The lowest BCUT2D eigenvalue weighted by Crippen LogP contribution is -2.24. The van der Waals surface area contributed by atoms with E-state index in [-0.39, 0.29) is 5.75 Å². The molecule has 1 fully saturated rings. The molecule has 0 saturated carbocycles. The third-order valence-corrected chi connectivity index (χ3v) is 4.90. The molecule has 1 aliphatic rings. The Morgan fingerprint density at radius 2 is 2.30 bits per heavy atom. The minimum Gasteiger partial charge on any atom is -0.270 e. The van der Waals surface area contributed by atoms with Crippen molar-refractivity contribution in [3.05, 3.63) is 46.3 Å². The molecule has 0 aromatic heterocycles. The van der Waals surface area contributed by atoms with Gasteiger partial charge in [0.05, 0.1) is 11.4 Å². The van der Waals surface area contributed by atoms with Gasteiger partial charge in [0.2, 0.25) is 10.0 Å². The molecular weight excluding hydrogens is 276 g/mol. The van der Waals surface area contributed by atoms with Gasteiger partial charge in [-0.25, -0.2) is 8.42 Å². The Morgan fingerprint density at radius 1 is 1.45 bits per heavy atom. The van der Waals surface area contributed by atoms with Gasteiger partial charge in [-0.05, 0) is 36.1 Å². The van der Waals surface area contributed by atoms with Crippen LogP contribution in [0.15, 0.2) is 35.5 Å². The molecule has 1 aliphatic heterocycles. The zero-order valence-corrected chi connectivity index (χ0v) is 11.8. The monoisotopic (exact) mass is 292 g/mol. The Kier molecular flexibility index (Phi) is 4.65. The number of rotatable bonds is 5. The van der Waals surface area contributed by atoms with Gasteiger partial charge in [-0.1, -0.05) is 29.4 Å². The normalized spacial score (nSPS) is 17.3. The largest absolute Gasteiger partial charge is 0.270 e. The molecular formula is C13H16N4O2S. The summed E-state index contributed by atoms with van der Waals surface area (Å²) in [5.41, 5.74) is 9.80. The number of hydrogen-bond donors (Lipinski definition) is 0. The van der Waals surface area contributed by atoms with Crippen LogP contribution in [0.3, 0.4) is 0 Å². The summed E-state index contributed by atoms with van der Waals surface area (Å²) < 4.78 is 25.2. The van der Waals surface area contributed by atoms with Crippen LogP contribution >= 0.6 is 0 Å². The van der Waals surface area contributed by atoms with Crippen molar-refractivity contribution in [3.63, 3.8) is 0 Å². The van der Waals surface area contributed by atoms with Crippen molar-refractivity contribution in [3.8, 4) is 0 Å². The Morgan fingerprint density at radius 3 is 3.00 bits per heavy atom. The molecule has 1 aromatic rings. The zero-order chi connectivity index (χ0) is 14.4. The molecule has 1 heterocycles. The number of hydrogen-bond acceptors (Lipinski definition) is 3. The Hall–Kier alpha value is -1.98. The van der Waals surface area contributed by atoms with Crippen molar-refractivity contribution in [2.24, 2.45) is 5.11 Å². The van der Waals surface area contributed by atoms with Crippen molar-refractivity contribution in [1.29, 1.82) is 0 Å². The second-order valence-electron chi connectivity index (χ2n) is 4.48. The van der Waals surface area contributed by atoms with Crippen LogP contribution in [0.5, 0.6) is 0 Å². The first-order chi connectivity index (χ1) is 9.63. The summed E-state index contributed by atoms with van der Waals surface area (Å²) in [7, 11) is -3.14. The van der Waals surface area contributed by atoms with Crippen molar-refractivity contribution < 1.29 is 8.42 Å². The van der Waals surface area contributed by atoms with Crippen molar-refractivity contribution in [2.75, 3.05) is 23.1 Å². The van der Waals surface area contributed by atoms with Crippen LogP contribution in [0.4, 0.5) is 5.69 Å². The van der Waals surface area contributed by atoms with Gasteiger partial charge >= 0.3 is 0 Å². The van der Waals surface area contributed by atoms with E-state index >= 15 is 0 Å². The Bertz CT molecular complexity index is 648. The van der Waals surface area contributed by atoms with E-state index in [1.165, 1.54) is 4.31 Å². The average molecular weight is 292 g/mol. The predicted octanol–water partition coefficient (Wildman–Crippen LogP) is 2.94. The fraction of sp³-hybridized carbons (Fsp3) is 0.385. The lowest BCUT2D eigenvalue weighted by Gasteiger charge is -2.17. The lowest BCUT2D eigenvalue weighted by molar-refractivity contribution is 0.599. The number of benzene rings is 1. The van der Waals surface area contributed by atoms with Gasteiger partial charge in [0, 0.05) is 18.0 Å². The van der Waals surface area contributed by atoms with Crippen LogP contribution in [-0.4, -0.2) is 27.3 Å². The highest BCUT2D eigenvalue weighted by Crippen LogP contribution is 2.25. The van der Waals surface area contributed by atoms with Gasteiger partial charge in [0.1, 0.15) is 0 Å². The van der Waals surface area contributed by atoms with Crippen LogP contribution in [0, 0.1) is 0 Å². The second kappa shape index (κ2) is 6.45. The molecule has 1 saturated heterocycles. The van der Waals surface area contributed by atoms with E-state index in [2.05, 4.69) is 10.0 Å². The molecule has 0 spiro atoms. The van der Waals surface area contributed by atoms with Gasteiger partial charge in [0.15, 0.2) is 0 Å². The maximum absolute atomic E-state index is 11.9. The molecule has 0 aliphatic carbocycles. The Labute approximate surface area is 118 Å². The molecule has 1 aromatic carbocycles. The smallest absolute Gasteiger partial charge is 0.235 e. The summed E-state index contributed by atoms with van der Waals surface area (Å²) in [5, 5.41) is 3.44. The van der Waals surface area contributed by atoms with Gasteiger partial charge in [-0.3, -0.25) is 4.31 Å². The molecule has 6 nitrogen and oxygen atoms in total. The molecule has 0 amide bonds. The fourth-order valence-corrected chi connectivity index (χ4v) is 3.67. The summed E-state index contributed by atoms with van der Waals surface area (Å²) >= 11 is 0. The van der Waals surface area contributed by atoms with Crippen LogP contribution in [-0.2, 0) is 10.0 Å². The molecule has 0 N–H and O–H groups in total. The van der Waals surface area contributed by atoms with Crippen molar-refractivity contribution in [1.82, 2.24) is 0 Å². The van der Waals surface area contributed by atoms with Gasteiger partial charge in [-0.2, -0.15) is 0 Å². The van der Waals surface area contributed by atoms with Crippen LogP contribution in [0.25, 0.3) is 16.5 Å². The molecule has 106 valence electrons. The standard InChI is InChI=1S/C13H16N4O2S/c14-16-15-8-2-1-5-12-6-3-7-13(11-12)17-9-4-10-20(17,18)19/h1,3,5-7,11H,2,4,8-10H2. The molecule has 0 radical (unpaired) electrons. The molecule has 2 rings (SSSR count). The maximum Gasteiger partial charge on any atom is 0.235 e. The highest BCUT2D eigenvalue weighted by molar-refractivity contribution is 7.93. The molecule has 20 heavy (non-hydrogen) atoms. The summed E-state index contributed by atoms with van der Waals surface area (Å²) in [6, 6.07) is 7.42. The van der Waals surface area contributed by atoms with E-state index < -0.39 is 10.0 Å². The topological polar surface area (TPSA) is 86.1 Å². The quantitative estimate of drug-likeness (QED) is 0.361. The number of nitrogens with zero attached hydrogens (tertiary/aromatic N) is 4. The van der Waals surface area contributed by atoms with Crippen molar-refractivity contribution >= 4 is 21.8 Å². The van der Waals surface area contributed by atoms with Gasteiger partial charge in [0.25, 0.3) is 0 Å². The highest BCUT2D eigenvalue weighted by Gasteiger charge is 2.28. The first-order valence-electron chi connectivity index (χ1n) is 6.41. The number of sulfonamides is 1. The van der Waals surface area contributed by atoms with Crippen LogP contribution in [0.1, 0.15) is 18.4 Å². The Balaban J connectivity index is 2.10. The minimum absolute atomic E-state index is 0.221. The van der Waals surface area contributed by atoms with E-state index in [0.717, 1.165) is 5.56 Å². The van der Waals surface area contributed by atoms with Gasteiger partial charge < -0.3 is 0 Å². The summed E-state index contributed by atoms with van der Waals surface area (Å²) in [6.07, 6.45) is 5.15. The number of azide groups is 1. The van der Waals surface area contributed by atoms with E-state index in [4.69, 9.17) is 5.53 Å². The first-order valence-corrected chi connectivity index (χ1v) is 8.02. The molecule has 0 bridgehead atoms. The third-order valence-electron chi connectivity index (χ3n) is 3.03. The van der Waals surface area contributed by atoms with E-state index in [0.29, 0.717) is 31.6 Å². The van der Waals surface area contributed by atoms with Crippen LogP contribution in [0.2, 0.25) is 0 Å². The van der Waals surface area contributed by atoms with E-state index in [1.54, 1.807) is 6.07 Å². The molecule has 0 atom stereocenters. The summed E-state index contributed by atoms with van der Waals surface area (Å²) in [5.74, 6) is 0.221. The van der Waals surface area contributed by atoms with Crippen LogP contribution < -0.4 is 4.31 Å². The van der Waals surface area contributed by atoms with Crippen molar-refractivity contribution in [2.45, 2.75) is 12.8 Å². The molecule has 7 heteroatoms. The first kappa shape index (κ1) is 14.4. The maximum atomic E-state index is 11.9. The fourth-order valence-electron chi connectivity index (χ4n) is 2.11. The van der Waals surface area contributed by atoms with Gasteiger partial charge in [-0.15, -0.1) is 0 Å². The van der Waals surface area contributed by atoms with E-state index in [9.17, 15) is 8.42 Å². The predicted molar refractivity (Wildman–Crippen MR) is 79.9 cm³/mol. The SMILES string of the molecule is [N-]=[N+]=NCCC=Cc1cccc(N2CCCS2(=O)=O)c1. The second-order valence-corrected chi connectivity index (χ2v) is 6.50. The minimum atomic E-state index is -3.14.